The Labute approximate surface area is 109 Å². The van der Waals surface area contributed by atoms with Crippen LogP contribution in [0.4, 0.5) is 0 Å². The molecule has 1 heteroatoms. The van der Waals surface area contributed by atoms with Crippen LogP contribution >= 0.6 is 0 Å². The zero-order chi connectivity index (χ0) is 12.8. The van der Waals surface area contributed by atoms with E-state index in [1.807, 2.05) is 18.2 Å². The van der Waals surface area contributed by atoms with Gasteiger partial charge in [-0.3, -0.25) is 0 Å². The van der Waals surface area contributed by atoms with Gasteiger partial charge in [0.05, 0.1) is 0 Å². The highest BCUT2D eigenvalue weighted by atomic mass is 16.3. The second-order valence-electron chi connectivity index (χ2n) is 4.68. The molecule has 0 heterocycles. The molecule has 1 N–H and O–H groups in total. The van der Waals surface area contributed by atoms with Gasteiger partial charge in [-0.2, -0.15) is 0 Å². The van der Waals surface area contributed by atoms with Crippen LogP contribution in [0.1, 0.15) is 36.8 Å². The molecule has 0 aliphatic carbocycles. The van der Waals surface area contributed by atoms with Crippen molar-refractivity contribution in [3.05, 3.63) is 65.7 Å². The van der Waals surface area contributed by atoms with Gasteiger partial charge in [0.25, 0.3) is 0 Å². The van der Waals surface area contributed by atoms with Crippen LogP contribution in [0.25, 0.3) is 0 Å². The second-order valence-corrected chi connectivity index (χ2v) is 4.68. The van der Waals surface area contributed by atoms with E-state index < -0.39 is 0 Å². The Hall–Kier alpha value is -1.76. The summed E-state index contributed by atoms with van der Waals surface area (Å²) in [6.45, 7) is 2.22. The van der Waals surface area contributed by atoms with Gasteiger partial charge < -0.3 is 5.11 Å². The molecule has 2 aromatic rings. The molecule has 0 saturated heterocycles. The van der Waals surface area contributed by atoms with E-state index in [9.17, 15) is 5.11 Å². The van der Waals surface area contributed by atoms with E-state index in [2.05, 4.69) is 37.3 Å². The molecule has 2 rings (SSSR count). The van der Waals surface area contributed by atoms with E-state index in [1.165, 1.54) is 5.56 Å². The van der Waals surface area contributed by atoms with Crippen LogP contribution < -0.4 is 0 Å². The Morgan fingerprint density at radius 3 is 2.28 bits per heavy atom. The lowest BCUT2D eigenvalue weighted by Gasteiger charge is -2.15. The van der Waals surface area contributed by atoms with Crippen molar-refractivity contribution in [2.45, 2.75) is 32.1 Å². The first-order chi connectivity index (χ1) is 8.81. The van der Waals surface area contributed by atoms with Gasteiger partial charge in [0, 0.05) is 0 Å². The zero-order valence-electron chi connectivity index (χ0n) is 10.8. The Morgan fingerprint density at radius 1 is 0.944 bits per heavy atom. The van der Waals surface area contributed by atoms with Crippen LogP contribution in [0, 0.1) is 0 Å². The van der Waals surface area contributed by atoms with E-state index in [0.29, 0.717) is 11.7 Å². The van der Waals surface area contributed by atoms with Gasteiger partial charge in [-0.25, -0.2) is 0 Å². The summed E-state index contributed by atoms with van der Waals surface area (Å²) in [5, 5.41) is 9.77. The molecule has 2 aromatic carbocycles. The topological polar surface area (TPSA) is 20.2 Å². The maximum atomic E-state index is 9.77. The van der Waals surface area contributed by atoms with Gasteiger partial charge in [0.1, 0.15) is 5.75 Å². The number of phenols is 1. The summed E-state index contributed by atoms with van der Waals surface area (Å²) in [4.78, 5) is 0. The minimum atomic E-state index is 0.417. The van der Waals surface area contributed by atoms with E-state index in [4.69, 9.17) is 0 Å². The largest absolute Gasteiger partial charge is 0.508 e. The molecule has 94 valence electrons. The lowest BCUT2D eigenvalue weighted by Crippen LogP contribution is -1.99. The third kappa shape index (κ3) is 3.13. The maximum absolute atomic E-state index is 9.77. The minimum absolute atomic E-state index is 0.417. The number of para-hydroxylation sites is 1. The number of aromatic hydroxyl groups is 1. The van der Waals surface area contributed by atoms with Gasteiger partial charge in [-0.15, -0.1) is 0 Å². The molecule has 0 amide bonds. The summed E-state index contributed by atoms with van der Waals surface area (Å²) in [7, 11) is 0. The lowest BCUT2D eigenvalue weighted by atomic mass is 9.90. The molecule has 0 spiro atoms. The standard InChI is InChI=1S/C17H20O/c1-2-14(15-8-4-3-5-9-15)12-13-16-10-6-7-11-17(16)18/h3-11,14,18H,2,12-13H2,1H3. The highest BCUT2D eigenvalue weighted by Gasteiger charge is 2.10. The van der Waals surface area contributed by atoms with Gasteiger partial charge in [-0.1, -0.05) is 55.5 Å². The Bertz CT molecular complexity index is 476. The lowest BCUT2D eigenvalue weighted by molar-refractivity contribution is 0.464. The molecular formula is C17H20O. The van der Waals surface area contributed by atoms with Crippen molar-refractivity contribution < 1.29 is 5.11 Å². The van der Waals surface area contributed by atoms with Crippen molar-refractivity contribution in [3.63, 3.8) is 0 Å². The van der Waals surface area contributed by atoms with Crippen molar-refractivity contribution in [2.75, 3.05) is 0 Å². The number of hydrogen-bond donors (Lipinski definition) is 1. The first-order valence-electron chi connectivity index (χ1n) is 6.63. The fraction of sp³-hybridized carbons (Fsp3) is 0.294. The highest BCUT2D eigenvalue weighted by Crippen LogP contribution is 2.27. The van der Waals surface area contributed by atoms with Gasteiger partial charge in [-0.05, 0) is 42.4 Å². The third-order valence-corrected chi connectivity index (χ3v) is 3.52. The van der Waals surface area contributed by atoms with E-state index >= 15 is 0 Å². The molecule has 1 unspecified atom stereocenters. The summed E-state index contributed by atoms with van der Waals surface area (Å²) >= 11 is 0. The summed E-state index contributed by atoms with van der Waals surface area (Å²) in [5.74, 6) is 0.992. The normalized spacial score (nSPS) is 12.3. The summed E-state index contributed by atoms with van der Waals surface area (Å²) < 4.78 is 0. The number of hydrogen-bond acceptors (Lipinski definition) is 1. The molecular weight excluding hydrogens is 220 g/mol. The quantitative estimate of drug-likeness (QED) is 0.814. The molecule has 0 aromatic heterocycles. The highest BCUT2D eigenvalue weighted by molar-refractivity contribution is 5.32. The predicted octanol–water partition coefficient (Wildman–Crippen LogP) is 4.52. The summed E-state index contributed by atoms with van der Waals surface area (Å²) in [5.41, 5.74) is 2.45. The fourth-order valence-electron chi connectivity index (χ4n) is 2.38. The van der Waals surface area contributed by atoms with E-state index in [-0.39, 0.29) is 0 Å². The average Bonchev–Trinajstić information content (AvgIpc) is 2.42. The van der Waals surface area contributed by atoms with Crippen LogP contribution in [-0.2, 0) is 6.42 Å². The predicted molar refractivity (Wildman–Crippen MR) is 75.9 cm³/mol. The number of benzene rings is 2. The molecule has 0 fully saturated rings. The first-order valence-corrected chi connectivity index (χ1v) is 6.63. The van der Waals surface area contributed by atoms with Gasteiger partial charge in [0.15, 0.2) is 0 Å². The minimum Gasteiger partial charge on any atom is -0.508 e. The Kier molecular flexibility index (Phi) is 4.40. The van der Waals surface area contributed by atoms with Crippen LogP contribution in [0.15, 0.2) is 54.6 Å². The van der Waals surface area contributed by atoms with Crippen molar-refractivity contribution in [3.8, 4) is 5.75 Å². The van der Waals surface area contributed by atoms with Gasteiger partial charge in [0.2, 0.25) is 0 Å². The van der Waals surface area contributed by atoms with E-state index in [1.54, 1.807) is 6.07 Å². The first kappa shape index (κ1) is 12.7. The fourth-order valence-corrected chi connectivity index (χ4v) is 2.38. The summed E-state index contributed by atoms with van der Waals surface area (Å²) in [6.07, 6.45) is 3.15. The molecule has 0 aliphatic heterocycles. The molecule has 18 heavy (non-hydrogen) atoms. The van der Waals surface area contributed by atoms with Crippen molar-refractivity contribution in [1.29, 1.82) is 0 Å². The number of aryl methyl sites for hydroxylation is 1. The summed E-state index contributed by atoms with van der Waals surface area (Å²) in [6, 6.07) is 18.3. The molecule has 0 aliphatic rings. The monoisotopic (exact) mass is 240 g/mol. The third-order valence-electron chi connectivity index (χ3n) is 3.52. The average molecular weight is 240 g/mol. The Morgan fingerprint density at radius 2 is 1.61 bits per heavy atom. The molecule has 1 atom stereocenters. The Balaban J connectivity index is 2.02. The smallest absolute Gasteiger partial charge is 0.118 e. The number of rotatable bonds is 5. The molecule has 0 bridgehead atoms. The van der Waals surface area contributed by atoms with Crippen molar-refractivity contribution >= 4 is 0 Å². The zero-order valence-corrected chi connectivity index (χ0v) is 10.8. The van der Waals surface area contributed by atoms with Crippen LogP contribution in [0.3, 0.4) is 0 Å². The van der Waals surface area contributed by atoms with Crippen LogP contribution in [0.2, 0.25) is 0 Å². The molecule has 0 radical (unpaired) electrons. The number of phenolic OH excluding ortho intramolecular Hbond substituents is 1. The maximum Gasteiger partial charge on any atom is 0.118 e. The van der Waals surface area contributed by atoms with Gasteiger partial charge >= 0.3 is 0 Å². The van der Waals surface area contributed by atoms with Crippen molar-refractivity contribution in [1.82, 2.24) is 0 Å². The van der Waals surface area contributed by atoms with Crippen LogP contribution in [0.5, 0.6) is 5.75 Å². The van der Waals surface area contributed by atoms with Crippen LogP contribution in [-0.4, -0.2) is 5.11 Å². The van der Waals surface area contributed by atoms with Crippen molar-refractivity contribution in [2.24, 2.45) is 0 Å². The second kappa shape index (κ2) is 6.25. The molecule has 1 nitrogen and oxygen atoms in total. The SMILES string of the molecule is CCC(CCc1ccccc1O)c1ccccc1. The molecule has 0 saturated carbocycles. The van der Waals surface area contributed by atoms with E-state index in [0.717, 1.165) is 24.8 Å².